The summed E-state index contributed by atoms with van der Waals surface area (Å²) in [6.07, 6.45) is 0.994. The Bertz CT molecular complexity index is 986. The maximum absolute atomic E-state index is 11.8. The van der Waals surface area contributed by atoms with Gasteiger partial charge in [-0.2, -0.15) is 0 Å². The highest BCUT2D eigenvalue weighted by atomic mass is 32.2. The van der Waals surface area contributed by atoms with Gasteiger partial charge in [-0.3, -0.25) is 4.72 Å². The van der Waals surface area contributed by atoms with Crippen molar-refractivity contribution >= 4 is 27.4 Å². The zero-order valence-electron chi connectivity index (χ0n) is 15.8. The topological polar surface area (TPSA) is 114 Å². The highest BCUT2D eigenvalue weighted by Crippen LogP contribution is 2.25. The molecule has 0 radical (unpaired) electrons. The molecule has 0 fully saturated rings. The highest BCUT2D eigenvalue weighted by molar-refractivity contribution is 7.92. The summed E-state index contributed by atoms with van der Waals surface area (Å²) in [5.74, 6) is -0.599. The Morgan fingerprint density at radius 2 is 1.93 bits per heavy atom. The molecule has 2 aromatic carbocycles. The van der Waals surface area contributed by atoms with Crippen LogP contribution in [0.15, 0.2) is 47.6 Å². The van der Waals surface area contributed by atoms with Gasteiger partial charge in [0.05, 0.1) is 29.8 Å². The molecule has 2 N–H and O–H groups in total. The number of esters is 1. The van der Waals surface area contributed by atoms with E-state index >= 15 is 0 Å². The van der Waals surface area contributed by atoms with E-state index in [4.69, 9.17) is 9.57 Å². The fraction of sp³-hybridized carbons (Fsp3) is 0.263. The van der Waals surface area contributed by atoms with Gasteiger partial charge in [-0.1, -0.05) is 17.3 Å². The third-order valence-electron chi connectivity index (χ3n) is 3.58. The first kappa shape index (κ1) is 21.2. The van der Waals surface area contributed by atoms with Crippen LogP contribution in [0.4, 0.5) is 5.69 Å². The molecule has 0 bridgehead atoms. The number of aromatic hydroxyl groups is 1. The average molecular weight is 406 g/mol. The fourth-order valence-corrected chi connectivity index (χ4v) is 2.86. The quantitative estimate of drug-likeness (QED) is 0.302. The van der Waals surface area contributed by atoms with Gasteiger partial charge in [0, 0.05) is 5.56 Å². The van der Waals surface area contributed by atoms with Crippen LogP contribution < -0.4 is 4.72 Å². The van der Waals surface area contributed by atoms with E-state index in [-0.39, 0.29) is 18.0 Å². The number of carbonyl (C=O) groups excluding carboxylic acids is 1. The number of rotatable bonds is 8. The summed E-state index contributed by atoms with van der Waals surface area (Å²) >= 11 is 0. The molecule has 0 spiro atoms. The Morgan fingerprint density at radius 3 is 2.61 bits per heavy atom. The van der Waals surface area contributed by atoms with Gasteiger partial charge in [0.2, 0.25) is 10.0 Å². The predicted octanol–water partition coefficient (Wildman–Crippen LogP) is 2.88. The molecule has 0 heterocycles. The zero-order valence-corrected chi connectivity index (χ0v) is 16.6. The Balaban J connectivity index is 2.08. The van der Waals surface area contributed by atoms with Gasteiger partial charge in [-0.25, -0.2) is 13.2 Å². The van der Waals surface area contributed by atoms with Crippen molar-refractivity contribution < 1.29 is 27.9 Å². The highest BCUT2D eigenvalue weighted by Gasteiger charge is 2.10. The monoisotopic (exact) mass is 406 g/mol. The normalized spacial score (nSPS) is 11.8. The standard InChI is InChI=1S/C19H22N2O6S/c1-4-26-19(23)16-7-5-6-14(10-16)12-27-20-13(2)15-8-9-18(22)17(11-15)21-28(3,24)25/h5-11,21-22H,4,12H2,1-3H3/b20-13+. The lowest BCUT2D eigenvalue weighted by molar-refractivity contribution is 0.0526. The third kappa shape index (κ3) is 6.27. The van der Waals surface area contributed by atoms with Gasteiger partial charge in [-0.15, -0.1) is 0 Å². The number of benzene rings is 2. The maximum Gasteiger partial charge on any atom is 0.338 e. The molecule has 0 saturated carbocycles. The van der Waals surface area contributed by atoms with E-state index in [0.29, 0.717) is 23.4 Å². The molecule has 0 aliphatic rings. The Kier molecular flexibility index (Phi) is 7.00. The second kappa shape index (κ2) is 9.23. The van der Waals surface area contributed by atoms with Crippen molar-refractivity contribution in [3.05, 3.63) is 59.2 Å². The van der Waals surface area contributed by atoms with Crippen molar-refractivity contribution in [3.8, 4) is 5.75 Å². The fourth-order valence-electron chi connectivity index (χ4n) is 2.30. The predicted molar refractivity (Wildman–Crippen MR) is 106 cm³/mol. The Hall–Kier alpha value is -3.07. The third-order valence-corrected chi connectivity index (χ3v) is 4.17. The zero-order chi connectivity index (χ0) is 20.7. The van der Waals surface area contributed by atoms with Crippen LogP contribution in [-0.4, -0.2) is 38.1 Å². The summed E-state index contributed by atoms with van der Waals surface area (Å²) in [4.78, 5) is 17.1. The van der Waals surface area contributed by atoms with Crippen LogP contribution in [-0.2, 0) is 26.2 Å². The van der Waals surface area contributed by atoms with Crippen LogP contribution in [0.1, 0.15) is 35.3 Å². The number of hydrogen-bond acceptors (Lipinski definition) is 7. The summed E-state index contributed by atoms with van der Waals surface area (Å²) in [6, 6.07) is 11.3. The number of anilines is 1. The van der Waals surface area contributed by atoms with Gasteiger partial charge in [-0.05, 0) is 49.7 Å². The molecule has 2 rings (SSSR count). The van der Waals surface area contributed by atoms with Crippen molar-refractivity contribution in [1.29, 1.82) is 0 Å². The van der Waals surface area contributed by atoms with Crippen molar-refractivity contribution in [1.82, 2.24) is 0 Å². The van der Waals surface area contributed by atoms with Crippen LogP contribution in [0.5, 0.6) is 5.75 Å². The summed E-state index contributed by atoms with van der Waals surface area (Å²) in [6.45, 7) is 3.86. The summed E-state index contributed by atoms with van der Waals surface area (Å²) in [7, 11) is -3.53. The molecule has 2 aromatic rings. The van der Waals surface area contributed by atoms with Crippen LogP contribution in [0.25, 0.3) is 0 Å². The van der Waals surface area contributed by atoms with E-state index in [9.17, 15) is 18.3 Å². The molecule has 0 unspecified atom stereocenters. The van der Waals surface area contributed by atoms with Gasteiger partial charge < -0.3 is 14.7 Å². The maximum atomic E-state index is 11.8. The Labute approximate surface area is 163 Å². The number of hydrogen-bond donors (Lipinski definition) is 2. The first-order chi connectivity index (χ1) is 13.2. The van der Waals surface area contributed by atoms with E-state index in [2.05, 4.69) is 9.88 Å². The minimum absolute atomic E-state index is 0.0525. The lowest BCUT2D eigenvalue weighted by Gasteiger charge is -2.09. The second-order valence-corrected chi connectivity index (χ2v) is 7.73. The minimum atomic E-state index is -3.53. The number of oxime groups is 1. The van der Waals surface area contributed by atoms with Crippen LogP contribution >= 0.6 is 0 Å². The number of sulfonamides is 1. The van der Waals surface area contributed by atoms with E-state index in [1.807, 2.05) is 0 Å². The molecule has 8 nitrogen and oxygen atoms in total. The molecule has 0 saturated heterocycles. The SMILES string of the molecule is CCOC(=O)c1cccc(CO/N=C(\C)c2ccc(O)c(NS(C)(=O)=O)c2)c1. The first-order valence-electron chi connectivity index (χ1n) is 8.43. The van der Waals surface area contributed by atoms with E-state index in [1.165, 1.54) is 12.1 Å². The van der Waals surface area contributed by atoms with Gasteiger partial charge in [0.25, 0.3) is 0 Å². The second-order valence-electron chi connectivity index (χ2n) is 5.98. The van der Waals surface area contributed by atoms with Crippen molar-refractivity contribution in [3.63, 3.8) is 0 Å². The molecule has 0 amide bonds. The molecule has 150 valence electrons. The van der Waals surface area contributed by atoms with Crippen molar-refractivity contribution in [2.24, 2.45) is 5.16 Å². The largest absolute Gasteiger partial charge is 0.506 e. The molecule has 0 aromatic heterocycles. The van der Waals surface area contributed by atoms with Crippen molar-refractivity contribution in [2.75, 3.05) is 17.6 Å². The molecule has 28 heavy (non-hydrogen) atoms. The van der Waals surface area contributed by atoms with Crippen molar-refractivity contribution in [2.45, 2.75) is 20.5 Å². The Morgan fingerprint density at radius 1 is 1.18 bits per heavy atom. The lowest BCUT2D eigenvalue weighted by Crippen LogP contribution is -2.10. The number of phenols is 1. The smallest absolute Gasteiger partial charge is 0.338 e. The van der Waals surface area contributed by atoms with E-state index in [0.717, 1.165) is 11.8 Å². The number of nitrogens with zero attached hydrogens (tertiary/aromatic N) is 1. The average Bonchev–Trinajstić information content (AvgIpc) is 2.63. The van der Waals surface area contributed by atoms with Gasteiger partial charge in [0.1, 0.15) is 12.4 Å². The van der Waals surface area contributed by atoms with E-state index < -0.39 is 16.0 Å². The number of carbonyl (C=O) groups is 1. The molecule has 9 heteroatoms. The summed E-state index contributed by atoms with van der Waals surface area (Å²) in [5.41, 5.74) is 2.28. The van der Waals surface area contributed by atoms with Crippen LogP contribution in [0.2, 0.25) is 0 Å². The van der Waals surface area contributed by atoms with Crippen LogP contribution in [0.3, 0.4) is 0 Å². The molecular formula is C19H22N2O6S. The molecular weight excluding hydrogens is 384 g/mol. The number of ether oxygens (including phenoxy) is 1. The number of nitrogens with one attached hydrogen (secondary N) is 1. The minimum Gasteiger partial charge on any atom is -0.506 e. The van der Waals surface area contributed by atoms with E-state index in [1.54, 1.807) is 44.2 Å². The summed E-state index contributed by atoms with van der Waals surface area (Å²) < 4.78 is 29.9. The van der Waals surface area contributed by atoms with Crippen LogP contribution in [0, 0.1) is 0 Å². The summed E-state index contributed by atoms with van der Waals surface area (Å²) in [5, 5.41) is 13.8. The molecule has 0 atom stereocenters. The lowest BCUT2D eigenvalue weighted by atomic mass is 10.1. The molecule has 0 aliphatic heterocycles. The number of phenolic OH excluding ortho intramolecular Hbond substituents is 1. The van der Waals surface area contributed by atoms with Gasteiger partial charge >= 0.3 is 5.97 Å². The first-order valence-corrected chi connectivity index (χ1v) is 10.3. The molecule has 0 aliphatic carbocycles. The van der Waals surface area contributed by atoms with Gasteiger partial charge in [0.15, 0.2) is 0 Å².